The summed E-state index contributed by atoms with van der Waals surface area (Å²) in [7, 11) is 0. The number of hydrogen-bond donors (Lipinski definition) is 0. The molecule has 2 aliphatic heterocycles. The molecule has 3 heterocycles. The molecule has 0 N–H and O–H groups in total. The second-order valence-electron chi connectivity index (χ2n) is 10.4. The van der Waals surface area contributed by atoms with E-state index in [9.17, 15) is 9.59 Å². The zero-order chi connectivity index (χ0) is 24.9. The van der Waals surface area contributed by atoms with Gasteiger partial charge in [0.25, 0.3) is 0 Å². The van der Waals surface area contributed by atoms with Crippen molar-refractivity contribution < 1.29 is 14.3 Å². The number of hydrogen-bond acceptors (Lipinski definition) is 5. The molecular weight excluding hydrogens is 462 g/mol. The molecule has 2 fully saturated rings. The van der Waals surface area contributed by atoms with Gasteiger partial charge in [0, 0.05) is 41.9 Å². The molecule has 7 rings (SSSR count). The van der Waals surface area contributed by atoms with Gasteiger partial charge in [0.1, 0.15) is 6.61 Å². The highest BCUT2D eigenvalue weighted by Gasteiger charge is 2.46. The van der Waals surface area contributed by atoms with Crippen LogP contribution in [-0.2, 0) is 4.74 Å². The first-order chi connectivity index (χ1) is 18.2. The molecule has 2 atom stereocenters. The number of carbonyl (C=O) groups is 2. The SMILES string of the molecule is O=C(c1ccc2nccnc2c1)C1CC2CCC(C1)N2C(=O)OCC1c2ccccc2-c2ccccc21. The van der Waals surface area contributed by atoms with Crippen molar-refractivity contribution in [1.29, 1.82) is 0 Å². The second-order valence-corrected chi connectivity index (χ2v) is 10.4. The van der Waals surface area contributed by atoms with E-state index in [1.807, 2.05) is 35.2 Å². The molecule has 37 heavy (non-hydrogen) atoms. The van der Waals surface area contributed by atoms with Gasteiger partial charge in [0.2, 0.25) is 0 Å². The molecule has 6 nitrogen and oxygen atoms in total. The van der Waals surface area contributed by atoms with E-state index in [-0.39, 0.29) is 35.8 Å². The van der Waals surface area contributed by atoms with Gasteiger partial charge in [0.05, 0.1) is 11.0 Å². The highest BCUT2D eigenvalue weighted by Crippen LogP contribution is 2.45. The van der Waals surface area contributed by atoms with Crippen LogP contribution in [0.15, 0.2) is 79.1 Å². The molecule has 0 saturated carbocycles. The van der Waals surface area contributed by atoms with Crippen LogP contribution < -0.4 is 0 Å². The van der Waals surface area contributed by atoms with Crippen molar-refractivity contribution in [3.05, 3.63) is 95.8 Å². The fourth-order valence-corrected chi connectivity index (χ4v) is 6.71. The summed E-state index contributed by atoms with van der Waals surface area (Å²) >= 11 is 0. The van der Waals surface area contributed by atoms with Crippen molar-refractivity contribution >= 4 is 22.9 Å². The fourth-order valence-electron chi connectivity index (χ4n) is 6.71. The van der Waals surface area contributed by atoms with E-state index in [4.69, 9.17) is 4.74 Å². The Hall–Kier alpha value is -4.06. The van der Waals surface area contributed by atoms with Gasteiger partial charge in [0.15, 0.2) is 5.78 Å². The van der Waals surface area contributed by atoms with Gasteiger partial charge < -0.3 is 9.64 Å². The molecule has 1 aliphatic carbocycles. The van der Waals surface area contributed by atoms with Gasteiger partial charge in [-0.3, -0.25) is 14.8 Å². The number of ketones is 1. The predicted octanol–water partition coefficient (Wildman–Crippen LogP) is 6.00. The number of carbonyl (C=O) groups excluding carboxylic acids is 2. The van der Waals surface area contributed by atoms with Crippen molar-refractivity contribution in [3.8, 4) is 11.1 Å². The van der Waals surface area contributed by atoms with Crippen LogP contribution in [0.2, 0.25) is 0 Å². The first kappa shape index (κ1) is 22.2. The smallest absolute Gasteiger partial charge is 0.410 e. The van der Waals surface area contributed by atoms with Crippen LogP contribution in [0.4, 0.5) is 4.79 Å². The van der Waals surface area contributed by atoms with Crippen molar-refractivity contribution in [2.75, 3.05) is 6.61 Å². The lowest BCUT2D eigenvalue weighted by Crippen LogP contribution is -2.48. The van der Waals surface area contributed by atoms with Gasteiger partial charge in [-0.2, -0.15) is 0 Å². The lowest BCUT2D eigenvalue weighted by atomic mass is 9.85. The van der Waals surface area contributed by atoms with Crippen molar-refractivity contribution in [2.24, 2.45) is 5.92 Å². The van der Waals surface area contributed by atoms with E-state index in [1.165, 1.54) is 22.3 Å². The quantitative estimate of drug-likeness (QED) is 0.329. The third-order valence-corrected chi connectivity index (χ3v) is 8.40. The minimum Gasteiger partial charge on any atom is -0.448 e. The Morgan fingerprint density at radius 2 is 1.43 bits per heavy atom. The maximum absolute atomic E-state index is 13.4. The van der Waals surface area contributed by atoms with Gasteiger partial charge in [-0.25, -0.2) is 4.79 Å². The number of rotatable bonds is 4. The standard InChI is InChI=1S/C31H27N3O3/c35-30(19-9-12-28-29(17-19)33-14-13-32-28)20-15-21-10-11-22(16-20)34(21)31(36)37-18-27-25-7-3-1-5-23(25)24-6-2-4-8-26(24)27/h1-9,12-14,17,20-22,27H,10-11,15-16,18H2. The molecule has 184 valence electrons. The molecule has 0 radical (unpaired) electrons. The van der Waals surface area contributed by atoms with Gasteiger partial charge in [-0.1, -0.05) is 48.5 Å². The van der Waals surface area contributed by atoms with E-state index in [2.05, 4.69) is 46.4 Å². The summed E-state index contributed by atoms with van der Waals surface area (Å²) in [5.74, 6) is 0.0880. The maximum Gasteiger partial charge on any atom is 0.410 e. The molecule has 3 aromatic carbocycles. The summed E-state index contributed by atoms with van der Waals surface area (Å²) in [6, 6.07) is 22.4. The zero-order valence-corrected chi connectivity index (χ0v) is 20.4. The normalized spacial score (nSPS) is 22.1. The first-order valence-corrected chi connectivity index (χ1v) is 13.1. The van der Waals surface area contributed by atoms with Crippen LogP contribution in [0.1, 0.15) is 53.1 Å². The number of aromatic nitrogens is 2. The Morgan fingerprint density at radius 3 is 2.11 bits per heavy atom. The zero-order valence-electron chi connectivity index (χ0n) is 20.4. The monoisotopic (exact) mass is 489 g/mol. The molecule has 1 aromatic heterocycles. The Labute approximate surface area is 215 Å². The fraction of sp³-hybridized carbons (Fsp3) is 0.290. The Kier molecular flexibility index (Phi) is 5.27. The van der Waals surface area contributed by atoms with E-state index < -0.39 is 0 Å². The maximum atomic E-state index is 13.4. The van der Waals surface area contributed by atoms with Crippen LogP contribution in [0.25, 0.3) is 22.2 Å². The van der Waals surface area contributed by atoms with E-state index >= 15 is 0 Å². The van der Waals surface area contributed by atoms with Crippen molar-refractivity contribution in [3.63, 3.8) is 0 Å². The molecule has 4 aromatic rings. The second kappa shape index (κ2) is 8.80. The van der Waals surface area contributed by atoms with Gasteiger partial charge in [-0.15, -0.1) is 0 Å². The summed E-state index contributed by atoms with van der Waals surface area (Å²) in [4.78, 5) is 37.3. The topological polar surface area (TPSA) is 72.4 Å². The lowest BCUT2D eigenvalue weighted by Gasteiger charge is -2.37. The number of piperidine rings is 1. The average Bonchev–Trinajstić information content (AvgIpc) is 3.41. The number of fused-ring (bicyclic) bond motifs is 6. The third-order valence-electron chi connectivity index (χ3n) is 8.40. The first-order valence-electron chi connectivity index (χ1n) is 13.1. The minimum absolute atomic E-state index is 0.0450. The Balaban J connectivity index is 1.05. The van der Waals surface area contributed by atoms with Crippen LogP contribution in [0.3, 0.4) is 0 Å². The van der Waals surface area contributed by atoms with E-state index in [1.54, 1.807) is 12.4 Å². The highest BCUT2D eigenvalue weighted by atomic mass is 16.6. The Morgan fingerprint density at radius 1 is 0.811 bits per heavy atom. The Bertz CT molecular complexity index is 1470. The van der Waals surface area contributed by atoms with E-state index in [0.717, 1.165) is 23.9 Å². The number of nitrogens with zero attached hydrogens (tertiary/aromatic N) is 3. The van der Waals surface area contributed by atoms with Crippen LogP contribution in [0.5, 0.6) is 0 Å². The lowest BCUT2D eigenvalue weighted by molar-refractivity contribution is 0.0506. The highest BCUT2D eigenvalue weighted by molar-refractivity contribution is 6.00. The van der Waals surface area contributed by atoms with Gasteiger partial charge in [-0.05, 0) is 66.1 Å². The largest absolute Gasteiger partial charge is 0.448 e. The summed E-state index contributed by atoms with van der Waals surface area (Å²) in [5.41, 5.74) is 7.05. The summed E-state index contributed by atoms with van der Waals surface area (Å²) in [6.45, 7) is 0.323. The van der Waals surface area contributed by atoms with Crippen molar-refractivity contribution in [2.45, 2.75) is 43.7 Å². The molecule has 2 bridgehead atoms. The predicted molar refractivity (Wildman–Crippen MR) is 140 cm³/mol. The summed E-state index contributed by atoms with van der Waals surface area (Å²) in [5, 5.41) is 0. The summed E-state index contributed by atoms with van der Waals surface area (Å²) < 4.78 is 5.98. The van der Waals surface area contributed by atoms with Crippen LogP contribution in [0, 0.1) is 5.92 Å². The minimum atomic E-state index is -0.249. The number of Topliss-reactive ketones (excluding diaryl/α,β-unsaturated/α-hetero) is 1. The van der Waals surface area contributed by atoms with E-state index in [0.29, 0.717) is 25.0 Å². The number of benzene rings is 3. The molecule has 2 saturated heterocycles. The number of ether oxygens (including phenoxy) is 1. The molecule has 6 heteroatoms. The third kappa shape index (κ3) is 3.70. The van der Waals surface area contributed by atoms with Crippen LogP contribution >= 0.6 is 0 Å². The molecule has 1 amide bonds. The average molecular weight is 490 g/mol. The molecular formula is C31H27N3O3. The number of amides is 1. The van der Waals surface area contributed by atoms with Crippen LogP contribution in [-0.4, -0.2) is 45.4 Å². The molecule has 0 spiro atoms. The van der Waals surface area contributed by atoms with Crippen molar-refractivity contribution in [1.82, 2.24) is 14.9 Å². The molecule has 2 unspecified atom stereocenters. The van der Waals surface area contributed by atoms with Gasteiger partial charge >= 0.3 is 6.09 Å². The molecule has 3 aliphatic rings. The summed E-state index contributed by atoms with van der Waals surface area (Å²) in [6.07, 6.45) is 6.24.